The van der Waals surface area contributed by atoms with Gasteiger partial charge >= 0.3 is 0 Å². The fraction of sp³-hybridized carbons (Fsp3) is 0.333. The molecule has 0 bridgehead atoms. The largest absolute Gasteiger partial charge is 0.419 e. The van der Waals surface area contributed by atoms with Crippen molar-refractivity contribution in [2.24, 2.45) is 0 Å². The molecular formula is C21H22N4O2S2. The average molecular weight is 427 g/mol. The molecule has 0 N–H and O–H groups in total. The van der Waals surface area contributed by atoms with Crippen molar-refractivity contribution in [2.75, 3.05) is 0 Å². The Morgan fingerprint density at radius 1 is 1.10 bits per heavy atom. The van der Waals surface area contributed by atoms with Crippen molar-refractivity contribution in [3.8, 4) is 11.5 Å². The molecule has 29 heavy (non-hydrogen) atoms. The lowest BCUT2D eigenvalue weighted by Crippen LogP contribution is -2.25. The Kier molecular flexibility index (Phi) is 5.31. The van der Waals surface area contributed by atoms with Crippen molar-refractivity contribution in [1.82, 2.24) is 19.7 Å². The topological polar surface area (TPSA) is 73.8 Å². The number of hydrogen-bond donors (Lipinski definition) is 0. The van der Waals surface area contributed by atoms with E-state index >= 15 is 0 Å². The summed E-state index contributed by atoms with van der Waals surface area (Å²) >= 11 is 3.03. The molecule has 0 aliphatic rings. The summed E-state index contributed by atoms with van der Waals surface area (Å²) in [6.07, 6.45) is 0. The molecule has 0 saturated heterocycles. The van der Waals surface area contributed by atoms with Crippen LogP contribution in [0.2, 0.25) is 0 Å². The second-order valence-electron chi connectivity index (χ2n) is 7.20. The number of benzene rings is 1. The maximum absolute atomic E-state index is 13.2. The van der Waals surface area contributed by atoms with E-state index in [0.717, 1.165) is 26.2 Å². The first kappa shape index (κ1) is 19.8. The standard InChI is InChI=1S/C21H22N4O2S2/c1-11(2)25-20(26)16-12(3)13(4)28-19(16)22-21(25)29-14(5)17-23-24-18(27-17)15-9-7-6-8-10-15/h6-11,14H,1-5H3. The van der Waals surface area contributed by atoms with E-state index in [2.05, 4.69) is 10.2 Å². The van der Waals surface area contributed by atoms with Crippen LogP contribution in [0.1, 0.15) is 48.4 Å². The van der Waals surface area contributed by atoms with Gasteiger partial charge in [0, 0.05) is 16.5 Å². The van der Waals surface area contributed by atoms with Gasteiger partial charge in [0.15, 0.2) is 5.16 Å². The Hall–Kier alpha value is -2.45. The lowest BCUT2D eigenvalue weighted by molar-refractivity contribution is 0.502. The molecule has 150 valence electrons. The van der Waals surface area contributed by atoms with Crippen LogP contribution in [0.25, 0.3) is 21.7 Å². The minimum Gasteiger partial charge on any atom is -0.419 e. The van der Waals surface area contributed by atoms with Gasteiger partial charge in [-0.05, 0) is 52.3 Å². The van der Waals surface area contributed by atoms with Gasteiger partial charge in [-0.3, -0.25) is 9.36 Å². The van der Waals surface area contributed by atoms with Crippen molar-refractivity contribution in [3.05, 3.63) is 57.0 Å². The first-order chi connectivity index (χ1) is 13.9. The third-order valence-electron chi connectivity index (χ3n) is 4.81. The number of aromatic nitrogens is 4. The van der Waals surface area contributed by atoms with Crippen LogP contribution in [0.3, 0.4) is 0 Å². The molecule has 1 unspecified atom stereocenters. The SMILES string of the molecule is Cc1sc2nc(SC(C)c3nnc(-c4ccccc4)o3)n(C(C)C)c(=O)c2c1C. The molecule has 0 amide bonds. The zero-order valence-electron chi connectivity index (χ0n) is 17.0. The Bertz CT molecular complexity index is 1220. The van der Waals surface area contributed by atoms with Gasteiger partial charge in [0.05, 0.1) is 10.6 Å². The first-order valence-corrected chi connectivity index (χ1v) is 11.1. The summed E-state index contributed by atoms with van der Waals surface area (Å²) in [5.74, 6) is 0.999. The smallest absolute Gasteiger partial charge is 0.263 e. The summed E-state index contributed by atoms with van der Waals surface area (Å²) in [6.45, 7) is 10.00. The number of nitrogens with zero attached hydrogens (tertiary/aromatic N) is 4. The molecule has 0 fully saturated rings. The number of thiophene rings is 1. The minimum atomic E-state index is -0.142. The number of thioether (sulfide) groups is 1. The number of hydrogen-bond acceptors (Lipinski definition) is 7. The minimum absolute atomic E-state index is 0.00345. The van der Waals surface area contributed by atoms with Crippen LogP contribution >= 0.6 is 23.1 Å². The molecular weight excluding hydrogens is 404 g/mol. The van der Waals surface area contributed by atoms with E-state index in [1.54, 1.807) is 15.9 Å². The summed E-state index contributed by atoms with van der Waals surface area (Å²) in [4.78, 5) is 19.9. The van der Waals surface area contributed by atoms with E-state index in [1.165, 1.54) is 11.8 Å². The first-order valence-electron chi connectivity index (χ1n) is 9.44. The highest BCUT2D eigenvalue weighted by atomic mass is 32.2. The fourth-order valence-corrected chi connectivity index (χ4v) is 5.27. The van der Waals surface area contributed by atoms with Gasteiger partial charge in [-0.15, -0.1) is 21.5 Å². The maximum atomic E-state index is 13.2. The molecule has 8 heteroatoms. The molecule has 1 atom stereocenters. The Morgan fingerprint density at radius 2 is 1.83 bits per heavy atom. The summed E-state index contributed by atoms with van der Waals surface area (Å²) < 4.78 is 7.65. The van der Waals surface area contributed by atoms with Crippen LogP contribution in [0.5, 0.6) is 0 Å². The third-order valence-corrected chi connectivity index (χ3v) is 6.97. The van der Waals surface area contributed by atoms with Crippen LogP contribution in [0.15, 0.2) is 44.7 Å². The maximum Gasteiger partial charge on any atom is 0.263 e. The van der Waals surface area contributed by atoms with Gasteiger partial charge < -0.3 is 4.42 Å². The highest BCUT2D eigenvalue weighted by Gasteiger charge is 2.23. The van der Waals surface area contributed by atoms with Gasteiger partial charge in [0.2, 0.25) is 11.8 Å². The molecule has 0 saturated carbocycles. The van der Waals surface area contributed by atoms with E-state index < -0.39 is 0 Å². The van der Waals surface area contributed by atoms with E-state index in [1.807, 2.05) is 65.0 Å². The fourth-order valence-electron chi connectivity index (χ4n) is 3.13. The second kappa shape index (κ2) is 7.76. The Balaban J connectivity index is 1.71. The summed E-state index contributed by atoms with van der Waals surface area (Å²) in [5.41, 5.74) is 1.91. The normalized spacial score (nSPS) is 12.8. The van der Waals surface area contributed by atoms with E-state index in [4.69, 9.17) is 9.40 Å². The lowest BCUT2D eigenvalue weighted by Gasteiger charge is -2.16. The van der Waals surface area contributed by atoms with Gasteiger partial charge in [-0.25, -0.2) is 4.98 Å². The van der Waals surface area contributed by atoms with Gasteiger partial charge in [-0.1, -0.05) is 30.0 Å². The van der Waals surface area contributed by atoms with Crippen molar-refractivity contribution in [3.63, 3.8) is 0 Å². The number of fused-ring (bicyclic) bond motifs is 1. The predicted octanol–water partition coefficient (Wildman–Crippen LogP) is 5.56. The molecule has 0 aliphatic heterocycles. The van der Waals surface area contributed by atoms with Crippen LogP contribution in [0.4, 0.5) is 0 Å². The van der Waals surface area contributed by atoms with Crippen LogP contribution in [0, 0.1) is 13.8 Å². The van der Waals surface area contributed by atoms with Crippen LogP contribution in [-0.2, 0) is 0 Å². The number of aryl methyl sites for hydroxylation is 2. The molecule has 3 heterocycles. The Morgan fingerprint density at radius 3 is 2.52 bits per heavy atom. The van der Waals surface area contributed by atoms with Crippen molar-refractivity contribution in [1.29, 1.82) is 0 Å². The molecule has 6 nitrogen and oxygen atoms in total. The second-order valence-corrected chi connectivity index (χ2v) is 9.71. The zero-order chi connectivity index (χ0) is 20.7. The predicted molar refractivity (Wildman–Crippen MR) is 118 cm³/mol. The average Bonchev–Trinajstić information content (AvgIpc) is 3.28. The molecule has 4 rings (SSSR count). The van der Waals surface area contributed by atoms with E-state index in [-0.39, 0.29) is 16.9 Å². The zero-order valence-corrected chi connectivity index (χ0v) is 18.6. The van der Waals surface area contributed by atoms with E-state index in [9.17, 15) is 4.79 Å². The van der Waals surface area contributed by atoms with Crippen molar-refractivity contribution < 1.29 is 4.42 Å². The summed E-state index contributed by atoms with van der Waals surface area (Å²) in [7, 11) is 0. The highest BCUT2D eigenvalue weighted by molar-refractivity contribution is 7.99. The molecule has 3 aromatic heterocycles. The van der Waals surface area contributed by atoms with Crippen molar-refractivity contribution >= 4 is 33.3 Å². The van der Waals surface area contributed by atoms with Crippen LogP contribution in [-0.4, -0.2) is 19.7 Å². The quantitative estimate of drug-likeness (QED) is 0.307. The van der Waals surface area contributed by atoms with Gasteiger partial charge in [0.1, 0.15) is 4.83 Å². The van der Waals surface area contributed by atoms with Crippen LogP contribution < -0.4 is 5.56 Å². The van der Waals surface area contributed by atoms with Gasteiger partial charge in [-0.2, -0.15) is 0 Å². The third kappa shape index (κ3) is 3.62. The number of rotatable bonds is 5. The molecule has 4 aromatic rings. The molecule has 0 aliphatic carbocycles. The lowest BCUT2D eigenvalue weighted by atomic mass is 10.2. The highest BCUT2D eigenvalue weighted by Crippen LogP contribution is 2.36. The Labute approximate surface area is 177 Å². The summed E-state index contributed by atoms with van der Waals surface area (Å²) in [6, 6.07) is 9.67. The molecule has 0 spiro atoms. The van der Waals surface area contributed by atoms with Crippen molar-refractivity contribution in [2.45, 2.75) is 51.1 Å². The molecule has 0 radical (unpaired) electrons. The molecule has 1 aromatic carbocycles. The summed E-state index contributed by atoms with van der Waals surface area (Å²) in [5, 5.41) is 9.64. The van der Waals surface area contributed by atoms with Gasteiger partial charge in [0.25, 0.3) is 5.56 Å². The monoisotopic (exact) mass is 426 g/mol. The van der Waals surface area contributed by atoms with E-state index in [0.29, 0.717) is 16.9 Å².